The Bertz CT molecular complexity index is 1250. The molecule has 1 aliphatic rings. The van der Waals surface area contributed by atoms with Crippen molar-refractivity contribution in [3.05, 3.63) is 47.4 Å². The molecule has 0 unspecified atom stereocenters. The molecule has 1 saturated heterocycles. The van der Waals surface area contributed by atoms with Crippen LogP contribution in [0.3, 0.4) is 0 Å². The molecule has 2 N–H and O–H groups in total. The normalized spacial score (nSPS) is 14.5. The zero-order chi connectivity index (χ0) is 25.9. The molecule has 1 aromatic carbocycles. The van der Waals surface area contributed by atoms with Crippen molar-refractivity contribution in [1.82, 2.24) is 19.9 Å². The van der Waals surface area contributed by atoms with Crippen LogP contribution in [-0.4, -0.2) is 58.9 Å². The van der Waals surface area contributed by atoms with E-state index in [0.29, 0.717) is 40.1 Å². The number of carbonyl (C=O) groups is 2. The van der Waals surface area contributed by atoms with E-state index in [0.717, 1.165) is 31.6 Å². The van der Waals surface area contributed by atoms with Crippen LogP contribution in [0.25, 0.3) is 5.65 Å². The largest absolute Gasteiger partial charge is 0.494 e. The van der Waals surface area contributed by atoms with Gasteiger partial charge < -0.3 is 25.0 Å². The molecule has 2 aromatic heterocycles. The molecule has 36 heavy (non-hydrogen) atoms. The van der Waals surface area contributed by atoms with E-state index in [1.165, 1.54) is 10.7 Å². The number of carbonyl (C=O) groups excluding carboxylic acids is 2. The molecular weight excluding hydrogens is 484 g/mol. The molecule has 3 aromatic rings. The summed E-state index contributed by atoms with van der Waals surface area (Å²) < 4.78 is 12.0. The number of methoxy groups -OCH3 is 1. The lowest BCUT2D eigenvalue weighted by Gasteiger charge is -2.35. The van der Waals surface area contributed by atoms with E-state index in [-0.39, 0.29) is 5.91 Å². The molecule has 2 amide bonds. The Labute approximate surface area is 214 Å². The maximum absolute atomic E-state index is 13.1. The van der Waals surface area contributed by atoms with Gasteiger partial charge in [-0.3, -0.25) is 4.79 Å². The first-order valence-corrected chi connectivity index (χ1v) is 12.2. The molecular formula is C25H31ClN6O4. The number of nitrogens with zero attached hydrogens (tertiary/aromatic N) is 4. The number of amides is 2. The predicted molar refractivity (Wildman–Crippen MR) is 138 cm³/mol. The number of alkyl carbamates (subject to hydrolysis) is 1. The summed E-state index contributed by atoms with van der Waals surface area (Å²) in [6.07, 6.45) is 6.07. The third-order valence-electron chi connectivity index (χ3n) is 5.91. The van der Waals surface area contributed by atoms with E-state index in [4.69, 9.17) is 21.1 Å². The second-order valence-electron chi connectivity index (χ2n) is 9.75. The summed E-state index contributed by atoms with van der Waals surface area (Å²) in [6, 6.07) is 5.47. The predicted octanol–water partition coefficient (Wildman–Crippen LogP) is 4.38. The van der Waals surface area contributed by atoms with Gasteiger partial charge in [0.25, 0.3) is 5.91 Å². The van der Waals surface area contributed by atoms with Crippen LogP contribution in [0.15, 0.2) is 36.8 Å². The molecule has 0 bridgehead atoms. The summed E-state index contributed by atoms with van der Waals surface area (Å²) in [7, 11) is 1.54. The summed E-state index contributed by atoms with van der Waals surface area (Å²) in [6.45, 7) is 7.66. The van der Waals surface area contributed by atoms with Crippen LogP contribution >= 0.6 is 11.6 Å². The van der Waals surface area contributed by atoms with Crippen molar-refractivity contribution < 1.29 is 19.1 Å². The molecule has 0 saturated carbocycles. The molecule has 0 radical (unpaired) electrons. The van der Waals surface area contributed by atoms with Crippen LogP contribution in [0.2, 0.25) is 5.02 Å². The third-order valence-corrected chi connectivity index (χ3v) is 6.14. The molecule has 1 aliphatic heterocycles. The number of aromatic nitrogens is 3. The topological polar surface area (TPSA) is 110 Å². The molecule has 0 spiro atoms. The minimum atomic E-state index is -0.519. The molecule has 10 nitrogen and oxygen atoms in total. The van der Waals surface area contributed by atoms with Crippen molar-refractivity contribution in [3.8, 4) is 5.75 Å². The highest BCUT2D eigenvalue weighted by Gasteiger charge is 2.24. The van der Waals surface area contributed by atoms with E-state index in [2.05, 4.69) is 25.6 Å². The summed E-state index contributed by atoms with van der Waals surface area (Å²) >= 11 is 6.27. The number of ether oxygens (including phenoxy) is 2. The lowest BCUT2D eigenvalue weighted by atomic mass is 9.96. The van der Waals surface area contributed by atoms with Gasteiger partial charge in [-0.15, -0.1) is 0 Å². The number of benzene rings is 1. The number of nitrogens with one attached hydrogen (secondary N) is 2. The standard InChI is InChI=1S/C25H31ClN6O4/c1-25(2,3)36-24(34)28-12-16-7-9-31(10-8-16)21-6-5-17(26)11-20(21)30-23(33)19-14-29-32-15-18(35-4)13-27-22(19)32/h5-6,11,13-16H,7-10,12H2,1-4H3,(H,28,34)(H,30,33). The minimum Gasteiger partial charge on any atom is -0.494 e. The first-order chi connectivity index (χ1) is 17.1. The molecule has 3 heterocycles. The quantitative estimate of drug-likeness (QED) is 0.502. The Morgan fingerprint density at radius 3 is 2.64 bits per heavy atom. The van der Waals surface area contributed by atoms with E-state index >= 15 is 0 Å². The van der Waals surface area contributed by atoms with Crippen LogP contribution in [0.1, 0.15) is 44.0 Å². The molecule has 0 aliphatic carbocycles. The SMILES string of the molecule is COc1cnc2c(C(=O)Nc3cc(Cl)ccc3N3CCC(CNC(=O)OC(C)(C)C)CC3)cnn2c1. The Morgan fingerprint density at radius 2 is 1.94 bits per heavy atom. The fraction of sp³-hybridized carbons (Fsp3) is 0.440. The van der Waals surface area contributed by atoms with Gasteiger partial charge >= 0.3 is 6.09 Å². The Kier molecular flexibility index (Phi) is 7.53. The van der Waals surface area contributed by atoms with E-state index in [9.17, 15) is 9.59 Å². The molecule has 0 atom stereocenters. The van der Waals surface area contributed by atoms with Gasteiger partial charge in [0.2, 0.25) is 0 Å². The van der Waals surface area contributed by atoms with Crippen molar-refractivity contribution in [2.75, 3.05) is 37.0 Å². The average Bonchev–Trinajstić information content (AvgIpc) is 3.25. The number of hydrogen-bond donors (Lipinski definition) is 2. The summed E-state index contributed by atoms with van der Waals surface area (Å²) in [5.41, 5.74) is 1.75. The number of rotatable bonds is 6. The van der Waals surface area contributed by atoms with Gasteiger partial charge in [0.15, 0.2) is 11.4 Å². The smallest absolute Gasteiger partial charge is 0.407 e. The Hall–Kier alpha value is -3.53. The van der Waals surface area contributed by atoms with Crippen molar-refractivity contribution in [2.45, 2.75) is 39.2 Å². The highest BCUT2D eigenvalue weighted by atomic mass is 35.5. The first-order valence-electron chi connectivity index (χ1n) is 11.8. The zero-order valence-electron chi connectivity index (χ0n) is 20.9. The molecule has 11 heteroatoms. The van der Waals surface area contributed by atoms with Crippen molar-refractivity contribution in [2.24, 2.45) is 5.92 Å². The summed E-state index contributed by atoms with van der Waals surface area (Å²) in [4.78, 5) is 31.6. The molecule has 192 valence electrons. The minimum absolute atomic E-state index is 0.331. The summed E-state index contributed by atoms with van der Waals surface area (Å²) in [5, 5.41) is 10.6. The monoisotopic (exact) mass is 514 g/mol. The van der Waals surface area contributed by atoms with Gasteiger partial charge in [-0.05, 0) is 57.7 Å². The van der Waals surface area contributed by atoms with Crippen LogP contribution in [0.5, 0.6) is 5.75 Å². The van der Waals surface area contributed by atoms with Crippen LogP contribution < -0.4 is 20.3 Å². The van der Waals surface area contributed by atoms with Crippen LogP contribution in [0, 0.1) is 5.92 Å². The van der Waals surface area contributed by atoms with Crippen molar-refractivity contribution >= 4 is 40.6 Å². The van der Waals surface area contributed by atoms with Gasteiger partial charge in [0, 0.05) is 24.7 Å². The van der Waals surface area contributed by atoms with E-state index in [1.807, 2.05) is 32.9 Å². The number of anilines is 2. The average molecular weight is 515 g/mol. The lowest BCUT2D eigenvalue weighted by molar-refractivity contribution is 0.0516. The second-order valence-corrected chi connectivity index (χ2v) is 10.2. The number of piperidine rings is 1. The Balaban J connectivity index is 1.41. The summed E-state index contributed by atoms with van der Waals surface area (Å²) in [5.74, 6) is 0.558. The van der Waals surface area contributed by atoms with E-state index < -0.39 is 11.7 Å². The number of fused-ring (bicyclic) bond motifs is 1. The van der Waals surface area contributed by atoms with Crippen LogP contribution in [0.4, 0.5) is 16.2 Å². The van der Waals surface area contributed by atoms with Gasteiger partial charge in [0.1, 0.15) is 11.2 Å². The van der Waals surface area contributed by atoms with Crippen molar-refractivity contribution in [3.63, 3.8) is 0 Å². The van der Waals surface area contributed by atoms with Gasteiger partial charge in [-0.25, -0.2) is 14.3 Å². The maximum Gasteiger partial charge on any atom is 0.407 e. The molecule has 4 rings (SSSR count). The second kappa shape index (κ2) is 10.6. The number of halogens is 1. The van der Waals surface area contributed by atoms with Gasteiger partial charge in [-0.2, -0.15) is 5.10 Å². The lowest BCUT2D eigenvalue weighted by Crippen LogP contribution is -2.40. The van der Waals surface area contributed by atoms with Crippen LogP contribution in [-0.2, 0) is 4.74 Å². The zero-order valence-corrected chi connectivity index (χ0v) is 21.6. The fourth-order valence-corrected chi connectivity index (χ4v) is 4.29. The van der Waals surface area contributed by atoms with E-state index in [1.54, 1.807) is 25.6 Å². The van der Waals surface area contributed by atoms with Gasteiger partial charge in [-0.1, -0.05) is 11.6 Å². The maximum atomic E-state index is 13.1. The Morgan fingerprint density at radius 1 is 1.19 bits per heavy atom. The third kappa shape index (κ3) is 6.17. The fourth-order valence-electron chi connectivity index (χ4n) is 4.12. The highest BCUT2D eigenvalue weighted by molar-refractivity contribution is 6.31. The first kappa shape index (κ1) is 25.6. The number of hydrogen-bond acceptors (Lipinski definition) is 7. The van der Waals surface area contributed by atoms with Gasteiger partial charge in [0.05, 0.1) is 37.1 Å². The highest BCUT2D eigenvalue weighted by Crippen LogP contribution is 2.33. The molecule has 1 fully saturated rings. The van der Waals surface area contributed by atoms with Crippen molar-refractivity contribution in [1.29, 1.82) is 0 Å².